The SMILES string of the molecule is C=C(CC(O)C(Br)Oc1ccccc1)C(N)=O. The molecule has 0 radical (unpaired) electrons. The second kappa shape index (κ2) is 6.42. The van der Waals surface area contributed by atoms with E-state index < -0.39 is 17.0 Å². The molecule has 0 saturated carbocycles. The van der Waals surface area contributed by atoms with Crippen molar-refractivity contribution in [1.82, 2.24) is 0 Å². The molecule has 92 valence electrons. The van der Waals surface area contributed by atoms with Crippen LogP contribution in [0.4, 0.5) is 0 Å². The Labute approximate surface area is 108 Å². The van der Waals surface area contributed by atoms with Crippen molar-refractivity contribution in [2.24, 2.45) is 5.73 Å². The summed E-state index contributed by atoms with van der Waals surface area (Å²) < 4.78 is 5.43. The number of hydrogen-bond donors (Lipinski definition) is 2. The summed E-state index contributed by atoms with van der Waals surface area (Å²) in [5, 5.41) is 9.13. The van der Waals surface area contributed by atoms with E-state index in [0.29, 0.717) is 5.75 Å². The van der Waals surface area contributed by atoms with E-state index in [9.17, 15) is 9.90 Å². The van der Waals surface area contributed by atoms with E-state index in [0.717, 1.165) is 0 Å². The van der Waals surface area contributed by atoms with Gasteiger partial charge in [-0.05, 0) is 28.1 Å². The number of primary amides is 1. The van der Waals surface area contributed by atoms with Crippen LogP contribution in [0.5, 0.6) is 5.75 Å². The van der Waals surface area contributed by atoms with Crippen molar-refractivity contribution < 1.29 is 14.6 Å². The molecule has 1 aromatic carbocycles. The molecule has 2 unspecified atom stereocenters. The van der Waals surface area contributed by atoms with E-state index in [-0.39, 0.29) is 12.0 Å². The molecule has 0 aromatic heterocycles. The summed E-state index contributed by atoms with van der Waals surface area (Å²) in [6.45, 7) is 3.47. The predicted molar refractivity (Wildman–Crippen MR) is 68.7 cm³/mol. The molecule has 17 heavy (non-hydrogen) atoms. The number of aliphatic hydroxyl groups is 1. The smallest absolute Gasteiger partial charge is 0.244 e. The first kappa shape index (κ1) is 13.7. The summed E-state index contributed by atoms with van der Waals surface area (Å²) >= 11 is 3.19. The average Bonchev–Trinajstić information content (AvgIpc) is 2.29. The molecule has 0 saturated heterocycles. The van der Waals surface area contributed by atoms with Crippen LogP contribution in [0.3, 0.4) is 0 Å². The molecule has 2 atom stereocenters. The van der Waals surface area contributed by atoms with Gasteiger partial charge in [0.05, 0.1) is 0 Å². The van der Waals surface area contributed by atoms with E-state index in [2.05, 4.69) is 22.5 Å². The first-order valence-electron chi connectivity index (χ1n) is 5.02. The number of aliphatic hydroxyl groups excluding tert-OH is 1. The second-order valence-electron chi connectivity index (χ2n) is 3.52. The van der Waals surface area contributed by atoms with Gasteiger partial charge in [-0.25, -0.2) is 0 Å². The number of para-hydroxylation sites is 1. The molecule has 5 heteroatoms. The highest BCUT2D eigenvalue weighted by molar-refractivity contribution is 9.09. The molecular weight excluding hydrogens is 286 g/mol. The Morgan fingerprint density at radius 1 is 1.47 bits per heavy atom. The number of benzene rings is 1. The molecule has 0 aliphatic heterocycles. The van der Waals surface area contributed by atoms with Crippen molar-refractivity contribution in [1.29, 1.82) is 0 Å². The lowest BCUT2D eigenvalue weighted by Gasteiger charge is -2.19. The summed E-state index contributed by atoms with van der Waals surface area (Å²) in [5.41, 5.74) is 5.20. The maximum absolute atomic E-state index is 10.8. The van der Waals surface area contributed by atoms with E-state index in [4.69, 9.17) is 10.5 Å². The van der Waals surface area contributed by atoms with Crippen molar-refractivity contribution >= 4 is 21.8 Å². The van der Waals surface area contributed by atoms with Gasteiger partial charge in [0, 0.05) is 12.0 Å². The highest BCUT2D eigenvalue weighted by Crippen LogP contribution is 2.19. The Bertz CT molecular complexity index is 394. The zero-order chi connectivity index (χ0) is 12.8. The van der Waals surface area contributed by atoms with E-state index >= 15 is 0 Å². The van der Waals surface area contributed by atoms with Crippen LogP contribution in [0.25, 0.3) is 0 Å². The minimum absolute atomic E-state index is 0.0675. The standard InChI is InChI=1S/C12H14BrNO3/c1-8(12(14)16)7-10(15)11(13)17-9-5-3-2-4-6-9/h2-6,10-11,15H,1,7H2,(H2,14,16). The van der Waals surface area contributed by atoms with Gasteiger partial charge < -0.3 is 15.6 Å². The Kier molecular flexibility index (Phi) is 5.18. The zero-order valence-corrected chi connectivity index (χ0v) is 10.8. The third-order valence-corrected chi connectivity index (χ3v) is 2.90. The largest absolute Gasteiger partial charge is 0.476 e. The lowest BCUT2D eigenvalue weighted by Crippen LogP contribution is -2.28. The van der Waals surface area contributed by atoms with Crippen LogP contribution in [0.2, 0.25) is 0 Å². The third-order valence-electron chi connectivity index (χ3n) is 2.10. The summed E-state index contributed by atoms with van der Waals surface area (Å²) in [7, 11) is 0. The first-order valence-corrected chi connectivity index (χ1v) is 5.93. The van der Waals surface area contributed by atoms with Gasteiger partial charge in [-0.15, -0.1) is 0 Å². The first-order chi connectivity index (χ1) is 8.00. The molecule has 1 amide bonds. The van der Waals surface area contributed by atoms with Crippen LogP contribution >= 0.6 is 15.9 Å². The third kappa shape index (κ3) is 4.58. The van der Waals surface area contributed by atoms with Gasteiger partial charge in [-0.2, -0.15) is 0 Å². The van der Waals surface area contributed by atoms with Gasteiger partial charge in [0.2, 0.25) is 5.91 Å². The predicted octanol–water partition coefficient (Wildman–Crippen LogP) is 1.58. The average molecular weight is 300 g/mol. The quantitative estimate of drug-likeness (QED) is 0.619. The molecule has 3 N–H and O–H groups in total. The summed E-state index contributed by atoms with van der Waals surface area (Å²) in [6.07, 6.45) is -0.826. The number of alkyl halides is 1. The van der Waals surface area contributed by atoms with Crippen molar-refractivity contribution in [2.45, 2.75) is 17.5 Å². The fourth-order valence-corrected chi connectivity index (χ4v) is 1.56. The van der Waals surface area contributed by atoms with Gasteiger partial charge in [0.1, 0.15) is 11.9 Å². The number of ether oxygens (including phenoxy) is 1. The van der Waals surface area contributed by atoms with Crippen molar-refractivity contribution in [3.05, 3.63) is 42.5 Å². The molecule has 4 nitrogen and oxygen atoms in total. The summed E-state index contributed by atoms with van der Waals surface area (Å²) in [5.74, 6) is 0.00146. The van der Waals surface area contributed by atoms with Crippen LogP contribution in [0.15, 0.2) is 42.5 Å². The number of carbonyl (C=O) groups is 1. The minimum atomic E-state index is -0.893. The van der Waals surface area contributed by atoms with Crippen molar-refractivity contribution in [3.8, 4) is 5.75 Å². The highest BCUT2D eigenvalue weighted by Gasteiger charge is 2.20. The number of halogens is 1. The van der Waals surface area contributed by atoms with Crippen LogP contribution in [0, 0.1) is 0 Å². The summed E-state index contributed by atoms with van der Waals surface area (Å²) in [6, 6.07) is 9.04. The van der Waals surface area contributed by atoms with Gasteiger partial charge in [0.15, 0.2) is 5.01 Å². The van der Waals surface area contributed by atoms with Crippen LogP contribution < -0.4 is 10.5 Å². The fraction of sp³-hybridized carbons (Fsp3) is 0.250. The lowest BCUT2D eigenvalue weighted by atomic mass is 10.1. The second-order valence-corrected chi connectivity index (χ2v) is 4.42. The van der Waals surface area contributed by atoms with Gasteiger partial charge in [-0.1, -0.05) is 24.8 Å². The normalized spacial score (nSPS) is 13.8. The number of amides is 1. The zero-order valence-electron chi connectivity index (χ0n) is 9.17. The molecule has 0 fully saturated rings. The molecule has 0 aliphatic rings. The van der Waals surface area contributed by atoms with Gasteiger partial charge in [-0.3, -0.25) is 4.79 Å². The van der Waals surface area contributed by atoms with E-state index in [1.807, 2.05) is 18.2 Å². The topological polar surface area (TPSA) is 72.6 Å². The van der Waals surface area contributed by atoms with Crippen LogP contribution in [-0.2, 0) is 4.79 Å². The molecule has 1 rings (SSSR count). The number of nitrogens with two attached hydrogens (primary N) is 1. The van der Waals surface area contributed by atoms with Crippen molar-refractivity contribution in [2.75, 3.05) is 0 Å². The monoisotopic (exact) mass is 299 g/mol. The maximum Gasteiger partial charge on any atom is 0.244 e. The Hall–Kier alpha value is -1.33. The fourth-order valence-electron chi connectivity index (χ4n) is 1.15. The minimum Gasteiger partial charge on any atom is -0.476 e. The summed E-state index contributed by atoms with van der Waals surface area (Å²) in [4.78, 5) is 10.8. The molecule has 0 aliphatic carbocycles. The van der Waals surface area contributed by atoms with Crippen molar-refractivity contribution in [3.63, 3.8) is 0 Å². The Morgan fingerprint density at radius 2 is 2.06 bits per heavy atom. The van der Waals surface area contributed by atoms with Gasteiger partial charge >= 0.3 is 0 Å². The molecule has 0 spiro atoms. The van der Waals surface area contributed by atoms with E-state index in [1.54, 1.807) is 12.1 Å². The van der Waals surface area contributed by atoms with Crippen LogP contribution in [-0.4, -0.2) is 22.1 Å². The Morgan fingerprint density at radius 3 is 2.59 bits per heavy atom. The molecule has 1 aromatic rings. The molecule has 0 bridgehead atoms. The molecule has 0 heterocycles. The number of hydrogen-bond acceptors (Lipinski definition) is 3. The number of rotatable bonds is 6. The molecular formula is C12H14BrNO3. The van der Waals surface area contributed by atoms with E-state index in [1.165, 1.54) is 0 Å². The lowest BCUT2D eigenvalue weighted by molar-refractivity contribution is -0.115. The van der Waals surface area contributed by atoms with Gasteiger partial charge in [0.25, 0.3) is 0 Å². The number of carbonyl (C=O) groups excluding carboxylic acids is 1. The Balaban J connectivity index is 2.50. The van der Waals surface area contributed by atoms with Crippen LogP contribution in [0.1, 0.15) is 6.42 Å². The maximum atomic E-state index is 10.8. The highest BCUT2D eigenvalue weighted by atomic mass is 79.9.